The lowest BCUT2D eigenvalue weighted by Crippen LogP contribution is -2.24. The lowest BCUT2D eigenvalue weighted by Gasteiger charge is -2.27. The highest BCUT2D eigenvalue weighted by atomic mass is 32.2. The maximum absolute atomic E-state index is 13.3. The van der Waals surface area contributed by atoms with Crippen LogP contribution in [0.25, 0.3) is 11.3 Å². The van der Waals surface area contributed by atoms with Crippen LogP contribution in [0.15, 0.2) is 41.3 Å². The Morgan fingerprint density at radius 3 is 2.58 bits per heavy atom. The van der Waals surface area contributed by atoms with Gasteiger partial charge < -0.3 is 11.1 Å². The first-order valence-corrected chi connectivity index (χ1v) is 10.6. The van der Waals surface area contributed by atoms with Crippen molar-refractivity contribution < 1.29 is 8.42 Å². The van der Waals surface area contributed by atoms with Crippen molar-refractivity contribution in [2.45, 2.75) is 31.0 Å². The van der Waals surface area contributed by atoms with E-state index in [9.17, 15) is 8.42 Å². The summed E-state index contributed by atoms with van der Waals surface area (Å²) in [6.07, 6.45) is 0. The summed E-state index contributed by atoms with van der Waals surface area (Å²) in [5.74, 6) is 0. The van der Waals surface area contributed by atoms with Gasteiger partial charge in [0.2, 0.25) is 9.84 Å². The predicted molar refractivity (Wildman–Crippen MR) is 106 cm³/mol. The summed E-state index contributed by atoms with van der Waals surface area (Å²) in [5.41, 5.74) is 11.4. The molecule has 0 saturated carbocycles. The highest BCUT2D eigenvalue weighted by Gasteiger charge is 2.38. The molecule has 0 fully saturated rings. The molecule has 2 aromatic carbocycles. The number of benzene rings is 2. The molecule has 0 saturated heterocycles. The molecule has 0 amide bonds. The number of hydrogen-bond acceptors (Lipinski definition) is 6. The minimum absolute atomic E-state index is 0.292. The van der Waals surface area contributed by atoms with E-state index in [1.807, 2.05) is 39.0 Å². The Balaban J connectivity index is 1.93. The maximum atomic E-state index is 13.3. The average molecular weight is 386 g/mol. The summed E-state index contributed by atoms with van der Waals surface area (Å²) in [5, 5.41) is 2.69. The molecule has 0 radical (unpaired) electrons. The van der Waals surface area contributed by atoms with E-state index in [0.717, 1.165) is 27.9 Å². The lowest BCUT2D eigenvalue weighted by molar-refractivity contribution is 0.587. The molecule has 26 heavy (non-hydrogen) atoms. The summed E-state index contributed by atoms with van der Waals surface area (Å²) < 4.78 is 26.7. The van der Waals surface area contributed by atoms with E-state index >= 15 is 0 Å². The molecule has 4 rings (SSSR count). The van der Waals surface area contributed by atoms with Crippen molar-refractivity contribution >= 4 is 32.0 Å². The molecule has 134 valence electrons. The Morgan fingerprint density at radius 2 is 1.85 bits per heavy atom. The van der Waals surface area contributed by atoms with Crippen LogP contribution in [0.2, 0.25) is 0 Å². The van der Waals surface area contributed by atoms with Crippen molar-refractivity contribution in [2.75, 3.05) is 11.1 Å². The molecule has 7 heteroatoms. The second-order valence-corrected chi connectivity index (χ2v) is 9.73. The first-order valence-electron chi connectivity index (χ1n) is 8.22. The summed E-state index contributed by atoms with van der Waals surface area (Å²) in [6, 6.07) is 11.0. The largest absolute Gasteiger partial charge is 0.375 e. The van der Waals surface area contributed by atoms with Gasteiger partial charge >= 0.3 is 0 Å². The number of aryl methyl sites for hydroxylation is 3. The topological polar surface area (TPSA) is 85.1 Å². The van der Waals surface area contributed by atoms with Gasteiger partial charge in [-0.25, -0.2) is 13.4 Å². The fourth-order valence-corrected chi connectivity index (χ4v) is 6.08. The van der Waals surface area contributed by atoms with Crippen LogP contribution in [0.3, 0.4) is 0 Å². The van der Waals surface area contributed by atoms with Gasteiger partial charge in [0.15, 0.2) is 10.5 Å². The van der Waals surface area contributed by atoms with E-state index in [4.69, 9.17) is 5.73 Å². The summed E-state index contributed by atoms with van der Waals surface area (Å²) in [7, 11) is -3.65. The molecule has 0 aliphatic carbocycles. The minimum atomic E-state index is -3.65. The number of sulfone groups is 1. The van der Waals surface area contributed by atoms with E-state index in [1.54, 1.807) is 18.2 Å². The van der Waals surface area contributed by atoms with Gasteiger partial charge in [-0.05, 0) is 61.7 Å². The smallest absolute Gasteiger partial charge is 0.204 e. The normalized spacial score (nSPS) is 15.9. The van der Waals surface area contributed by atoms with Crippen LogP contribution in [0, 0.1) is 20.8 Å². The summed E-state index contributed by atoms with van der Waals surface area (Å²) >= 11 is 1.22. The van der Waals surface area contributed by atoms with Gasteiger partial charge in [0.25, 0.3) is 0 Å². The summed E-state index contributed by atoms with van der Waals surface area (Å²) in [4.78, 5) is 5.36. The number of thiazole rings is 1. The van der Waals surface area contributed by atoms with Crippen molar-refractivity contribution in [3.05, 3.63) is 58.0 Å². The molecule has 3 N–H and O–H groups in total. The molecule has 1 aromatic heterocycles. The highest BCUT2D eigenvalue weighted by molar-refractivity contribution is 7.92. The molecule has 1 aliphatic heterocycles. The van der Waals surface area contributed by atoms with Gasteiger partial charge in [0.1, 0.15) is 0 Å². The minimum Gasteiger partial charge on any atom is -0.375 e. The van der Waals surface area contributed by atoms with E-state index < -0.39 is 15.2 Å². The van der Waals surface area contributed by atoms with E-state index in [2.05, 4.69) is 10.3 Å². The van der Waals surface area contributed by atoms with Crippen molar-refractivity contribution in [1.82, 2.24) is 4.98 Å². The van der Waals surface area contributed by atoms with E-state index in [1.165, 1.54) is 11.3 Å². The Morgan fingerprint density at radius 1 is 1.12 bits per heavy atom. The number of nitrogens with two attached hydrogens (primary N) is 1. The van der Waals surface area contributed by atoms with Gasteiger partial charge in [0.05, 0.1) is 15.5 Å². The number of hydrogen-bond donors (Lipinski definition) is 2. The number of nitrogens with zero attached hydrogens (tertiary/aromatic N) is 1. The monoisotopic (exact) mass is 385 g/mol. The molecular formula is C19H19N3O2S2. The highest BCUT2D eigenvalue weighted by Crippen LogP contribution is 2.47. The van der Waals surface area contributed by atoms with Crippen LogP contribution in [0.4, 0.5) is 10.8 Å². The van der Waals surface area contributed by atoms with Crippen molar-refractivity contribution in [2.24, 2.45) is 0 Å². The number of nitrogen functional groups attached to an aromatic ring is 1. The number of rotatable bonds is 2. The average Bonchev–Trinajstić information content (AvgIpc) is 2.97. The first-order chi connectivity index (χ1) is 12.3. The fourth-order valence-electron chi connectivity index (χ4n) is 3.20. The van der Waals surface area contributed by atoms with Crippen molar-refractivity contribution in [3.8, 4) is 11.3 Å². The fraction of sp³-hybridized carbons (Fsp3) is 0.211. The number of nitrogens with one attached hydrogen (secondary N) is 1. The molecule has 1 atom stereocenters. The molecule has 1 aliphatic rings. The molecule has 1 unspecified atom stereocenters. The molecule has 5 nitrogen and oxygen atoms in total. The number of fused-ring (bicyclic) bond motifs is 3. The van der Waals surface area contributed by atoms with Crippen LogP contribution in [0.1, 0.15) is 26.9 Å². The summed E-state index contributed by atoms with van der Waals surface area (Å²) in [6.45, 7) is 5.91. The van der Waals surface area contributed by atoms with Crippen molar-refractivity contribution in [3.63, 3.8) is 0 Å². The van der Waals surface area contributed by atoms with E-state index in [0.29, 0.717) is 20.6 Å². The zero-order chi connectivity index (χ0) is 18.6. The predicted octanol–water partition coefficient (Wildman–Crippen LogP) is 4.22. The third-order valence-corrected chi connectivity index (χ3v) is 7.70. The molecule has 0 bridgehead atoms. The Kier molecular flexibility index (Phi) is 3.82. The zero-order valence-electron chi connectivity index (χ0n) is 14.7. The maximum Gasteiger partial charge on any atom is 0.204 e. The number of anilines is 2. The quantitative estimate of drug-likeness (QED) is 0.690. The van der Waals surface area contributed by atoms with Crippen molar-refractivity contribution in [1.29, 1.82) is 0 Å². The molecule has 3 aromatic rings. The lowest BCUT2D eigenvalue weighted by atomic mass is 9.99. The van der Waals surface area contributed by atoms with E-state index in [-0.39, 0.29) is 0 Å². The third-order valence-electron chi connectivity index (χ3n) is 4.71. The molecule has 0 spiro atoms. The van der Waals surface area contributed by atoms with Gasteiger partial charge in [-0.1, -0.05) is 23.5 Å². The number of aromatic nitrogens is 1. The van der Waals surface area contributed by atoms with Crippen LogP contribution >= 0.6 is 11.3 Å². The van der Waals surface area contributed by atoms with Crippen LogP contribution in [-0.4, -0.2) is 13.4 Å². The second-order valence-electron chi connectivity index (χ2n) is 6.63. The van der Waals surface area contributed by atoms with Gasteiger partial charge in [-0.3, -0.25) is 0 Å². The SMILES string of the molecule is Cc1cccc(S(=O)(=O)C2Nc3cc(C)c(C)cc3-c3nc(N)sc32)c1. The van der Waals surface area contributed by atoms with Gasteiger partial charge in [-0.15, -0.1) is 0 Å². The Hall–Kier alpha value is -2.38. The standard InChI is InChI=1S/C19H19N3O2S2/c1-10-5-4-6-13(7-10)26(23,24)18-17-16(22-19(20)25-17)14-8-11(2)12(3)9-15(14)21-18/h4-9,18,21H,1-3H3,(H2,20,22). The zero-order valence-corrected chi connectivity index (χ0v) is 16.3. The molecule has 2 heterocycles. The van der Waals surface area contributed by atoms with Crippen LogP contribution in [-0.2, 0) is 9.84 Å². The first kappa shape index (κ1) is 17.1. The van der Waals surface area contributed by atoms with Gasteiger partial charge in [-0.2, -0.15) is 0 Å². The van der Waals surface area contributed by atoms with Crippen LogP contribution < -0.4 is 11.1 Å². The van der Waals surface area contributed by atoms with Crippen LogP contribution in [0.5, 0.6) is 0 Å². The van der Waals surface area contributed by atoms with Gasteiger partial charge in [0, 0.05) is 11.3 Å². The molecular weight excluding hydrogens is 366 g/mol. The Bertz CT molecular complexity index is 1130. The third kappa shape index (κ3) is 2.59. The Labute approximate surface area is 156 Å². The second kappa shape index (κ2) is 5.82.